The van der Waals surface area contributed by atoms with E-state index in [2.05, 4.69) is 4.98 Å². The van der Waals surface area contributed by atoms with Gasteiger partial charge in [-0.3, -0.25) is 4.57 Å². The molecule has 0 aliphatic heterocycles. The Labute approximate surface area is 138 Å². The lowest BCUT2D eigenvalue weighted by atomic mass is 10.2. The quantitative estimate of drug-likeness (QED) is 0.528. The van der Waals surface area contributed by atoms with Gasteiger partial charge in [-0.05, 0) is 49.7 Å². The number of halogens is 3. The fourth-order valence-corrected chi connectivity index (χ4v) is 2.82. The summed E-state index contributed by atoms with van der Waals surface area (Å²) in [4.78, 5) is 4.60. The molecule has 0 aliphatic carbocycles. The van der Waals surface area contributed by atoms with Crippen molar-refractivity contribution in [3.8, 4) is 5.69 Å². The Kier molecular flexibility index (Phi) is 3.87. The normalized spacial score (nSPS) is 12.8. The predicted molar refractivity (Wildman–Crippen MR) is 90.1 cm³/mol. The van der Waals surface area contributed by atoms with Gasteiger partial charge in [0.15, 0.2) is 0 Å². The van der Waals surface area contributed by atoms with E-state index in [1.54, 1.807) is 0 Å². The molecular weight excluding hydrogens is 327 g/mol. The highest BCUT2D eigenvalue weighted by molar-refractivity contribution is 6.31. The van der Waals surface area contributed by atoms with E-state index in [1.807, 2.05) is 54.8 Å². The molecule has 0 saturated carbocycles. The van der Waals surface area contributed by atoms with Gasteiger partial charge in [-0.1, -0.05) is 29.3 Å². The number of hydrogen-bond acceptors (Lipinski definition) is 1. The molecule has 0 N–H and O–H groups in total. The van der Waals surface area contributed by atoms with Crippen LogP contribution in [-0.2, 0) is 0 Å². The lowest BCUT2D eigenvalue weighted by Gasteiger charge is -2.12. The molecule has 2 aromatic carbocycles. The third kappa shape index (κ3) is 2.64. The zero-order chi connectivity index (χ0) is 15.1. The minimum Gasteiger partial charge on any atom is -0.295 e. The Hall–Kier alpha value is -1.22. The molecule has 0 amide bonds. The van der Waals surface area contributed by atoms with Crippen molar-refractivity contribution in [2.45, 2.75) is 19.2 Å². The van der Waals surface area contributed by atoms with E-state index in [0.717, 1.165) is 33.1 Å². The van der Waals surface area contributed by atoms with E-state index in [-0.39, 0.29) is 5.38 Å². The second-order valence-electron chi connectivity index (χ2n) is 4.99. The first kappa shape index (κ1) is 14.7. The summed E-state index contributed by atoms with van der Waals surface area (Å²) >= 11 is 18.6. The van der Waals surface area contributed by atoms with Crippen LogP contribution in [0.4, 0.5) is 0 Å². The van der Waals surface area contributed by atoms with Crippen LogP contribution >= 0.6 is 34.8 Å². The SMILES string of the molecule is Cc1ccc(-n2c(C(C)Cl)nc3cc(Cl)ccc32)cc1Cl. The van der Waals surface area contributed by atoms with E-state index in [1.165, 1.54) is 0 Å². The average molecular weight is 340 g/mol. The molecule has 108 valence electrons. The Balaban J connectivity index is 2.33. The topological polar surface area (TPSA) is 17.8 Å². The number of fused-ring (bicyclic) bond motifs is 1. The molecule has 5 heteroatoms. The van der Waals surface area contributed by atoms with Crippen LogP contribution in [0, 0.1) is 6.92 Å². The van der Waals surface area contributed by atoms with Crippen molar-refractivity contribution in [1.82, 2.24) is 9.55 Å². The molecule has 1 unspecified atom stereocenters. The number of alkyl halides is 1. The van der Waals surface area contributed by atoms with Crippen LogP contribution in [0.5, 0.6) is 0 Å². The molecule has 21 heavy (non-hydrogen) atoms. The molecule has 0 bridgehead atoms. The van der Waals surface area contributed by atoms with Crippen LogP contribution in [0.2, 0.25) is 10.0 Å². The smallest absolute Gasteiger partial charge is 0.132 e. The zero-order valence-electron chi connectivity index (χ0n) is 11.6. The highest BCUT2D eigenvalue weighted by Gasteiger charge is 2.17. The monoisotopic (exact) mass is 338 g/mol. The molecule has 0 spiro atoms. The van der Waals surface area contributed by atoms with Gasteiger partial charge in [-0.15, -0.1) is 11.6 Å². The first-order valence-corrected chi connectivity index (χ1v) is 7.75. The third-order valence-corrected chi connectivity index (χ3v) is 4.25. The number of aryl methyl sites for hydroxylation is 1. The van der Waals surface area contributed by atoms with Crippen molar-refractivity contribution < 1.29 is 0 Å². The Bertz CT molecular complexity index is 822. The van der Waals surface area contributed by atoms with E-state index in [4.69, 9.17) is 34.8 Å². The number of benzene rings is 2. The summed E-state index contributed by atoms with van der Waals surface area (Å²) in [6.45, 7) is 3.87. The zero-order valence-corrected chi connectivity index (χ0v) is 13.8. The minimum absolute atomic E-state index is 0.226. The Morgan fingerprint density at radius 3 is 2.52 bits per heavy atom. The summed E-state index contributed by atoms with van der Waals surface area (Å²) in [6.07, 6.45) is 0. The number of imidazole rings is 1. The molecule has 1 atom stereocenters. The van der Waals surface area contributed by atoms with E-state index < -0.39 is 0 Å². The second-order valence-corrected chi connectivity index (χ2v) is 6.49. The minimum atomic E-state index is -0.226. The van der Waals surface area contributed by atoms with Gasteiger partial charge in [0.2, 0.25) is 0 Å². The van der Waals surface area contributed by atoms with Gasteiger partial charge in [-0.2, -0.15) is 0 Å². The van der Waals surface area contributed by atoms with Crippen molar-refractivity contribution in [3.63, 3.8) is 0 Å². The van der Waals surface area contributed by atoms with Crippen molar-refractivity contribution in [2.24, 2.45) is 0 Å². The Morgan fingerprint density at radius 1 is 1.10 bits per heavy atom. The van der Waals surface area contributed by atoms with Crippen LogP contribution in [0.1, 0.15) is 23.7 Å². The maximum absolute atomic E-state index is 6.29. The van der Waals surface area contributed by atoms with Crippen molar-refractivity contribution in [2.75, 3.05) is 0 Å². The van der Waals surface area contributed by atoms with E-state index >= 15 is 0 Å². The summed E-state index contributed by atoms with van der Waals surface area (Å²) in [6, 6.07) is 11.6. The number of nitrogens with zero attached hydrogens (tertiary/aromatic N) is 2. The van der Waals surface area contributed by atoms with E-state index in [9.17, 15) is 0 Å². The van der Waals surface area contributed by atoms with Gasteiger partial charge in [0.25, 0.3) is 0 Å². The molecule has 1 aromatic heterocycles. The van der Waals surface area contributed by atoms with Crippen LogP contribution in [-0.4, -0.2) is 9.55 Å². The molecule has 2 nitrogen and oxygen atoms in total. The lowest BCUT2D eigenvalue weighted by molar-refractivity contribution is 0.882. The summed E-state index contributed by atoms with van der Waals surface area (Å²) in [5, 5.41) is 1.15. The molecule has 0 saturated heterocycles. The van der Waals surface area contributed by atoms with Crippen molar-refractivity contribution in [3.05, 3.63) is 57.8 Å². The first-order chi connectivity index (χ1) is 9.97. The van der Waals surface area contributed by atoms with Gasteiger partial charge in [-0.25, -0.2) is 4.98 Å². The summed E-state index contributed by atoms with van der Waals surface area (Å²) in [7, 11) is 0. The fourth-order valence-electron chi connectivity index (χ4n) is 2.33. The lowest BCUT2D eigenvalue weighted by Crippen LogP contribution is -2.02. The number of aromatic nitrogens is 2. The third-order valence-electron chi connectivity index (χ3n) is 3.41. The number of rotatable bonds is 2. The maximum atomic E-state index is 6.29. The van der Waals surface area contributed by atoms with Gasteiger partial charge in [0, 0.05) is 15.7 Å². The van der Waals surface area contributed by atoms with Gasteiger partial charge >= 0.3 is 0 Å². The summed E-state index contributed by atoms with van der Waals surface area (Å²) in [5.74, 6) is 0.772. The summed E-state index contributed by atoms with van der Waals surface area (Å²) < 4.78 is 2.02. The first-order valence-electron chi connectivity index (χ1n) is 6.56. The highest BCUT2D eigenvalue weighted by atomic mass is 35.5. The highest BCUT2D eigenvalue weighted by Crippen LogP contribution is 2.31. The van der Waals surface area contributed by atoms with Crippen molar-refractivity contribution >= 4 is 45.8 Å². The molecule has 3 aromatic rings. The molecular formula is C16H13Cl3N2. The van der Waals surface area contributed by atoms with Crippen LogP contribution in [0.25, 0.3) is 16.7 Å². The standard InChI is InChI=1S/C16H13Cl3N2/c1-9-3-5-12(8-13(9)19)21-15-6-4-11(18)7-14(15)20-16(21)10(2)17/h3-8,10H,1-2H3. The molecule has 3 rings (SSSR count). The molecule has 0 fully saturated rings. The predicted octanol–water partition coefficient (Wildman–Crippen LogP) is 5.94. The number of hydrogen-bond donors (Lipinski definition) is 0. The summed E-state index contributed by atoms with van der Waals surface area (Å²) in [5.41, 5.74) is 3.76. The second kappa shape index (κ2) is 5.53. The van der Waals surface area contributed by atoms with Crippen molar-refractivity contribution in [1.29, 1.82) is 0 Å². The van der Waals surface area contributed by atoms with Gasteiger partial charge in [0.05, 0.1) is 16.4 Å². The average Bonchev–Trinajstić information content (AvgIpc) is 2.80. The van der Waals surface area contributed by atoms with Crippen LogP contribution < -0.4 is 0 Å². The molecule has 0 radical (unpaired) electrons. The molecule has 0 aliphatic rings. The van der Waals surface area contributed by atoms with Crippen LogP contribution in [0.3, 0.4) is 0 Å². The van der Waals surface area contributed by atoms with Gasteiger partial charge in [0.1, 0.15) is 5.82 Å². The fraction of sp³-hybridized carbons (Fsp3) is 0.188. The maximum Gasteiger partial charge on any atom is 0.132 e. The Morgan fingerprint density at radius 2 is 1.86 bits per heavy atom. The molecule has 1 heterocycles. The van der Waals surface area contributed by atoms with Crippen LogP contribution in [0.15, 0.2) is 36.4 Å². The van der Waals surface area contributed by atoms with E-state index in [0.29, 0.717) is 5.02 Å². The van der Waals surface area contributed by atoms with Gasteiger partial charge < -0.3 is 0 Å². The largest absolute Gasteiger partial charge is 0.295 e.